The van der Waals surface area contributed by atoms with Crippen molar-refractivity contribution in [3.8, 4) is 23.3 Å². The Morgan fingerprint density at radius 2 is 1.64 bits per heavy atom. The molecule has 0 spiro atoms. The number of phenols is 1. The summed E-state index contributed by atoms with van der Waals surface area (Å²) in [5.41, 5.74) is 4.84. The van der Waals surface area contributed by atoms with Crippen LogP contribution in [0.1, 0.15) is 172 Å². The van der Waals surface area contributed by atoms with E-state index in [1.165, 1.54) is 0 Å². The van der Waals surface area contributed by atoms with E-state index in [9.17, 15) is 35.1 Å². The van der Waals surface area contributed by atoms with E-state index in [2.05, 4.69) is 35.4 Å². The van der Waals surface area contributed by atoms with Gasteiger partial charge in [0.25, 0.3) is 0 Å². The molecular formula is C62H75NO11. The molecule has 3 aromatic carbocycles. The Morgan fingerprint density at radius 3 is 2.45 bits per heavy atom. The number of carbonyl (C=O) groups is 3. The Hall–Kier alpha value is -5.03. The third-order valence-electron chi connectivity index (χ3n) is 19.2. The summed E-state index contributed by atoms with van der Waals surface area (Å²) < 4.78 is 18.6. The molecule has 0 amide bonds. The topological polar surface area (TPSA) is 192 Å². The normalized spacial score (nSPS) is 32.7. The summed E-state index contributed by atoms with van der Waals surface area (Å²) >= 11 is 0. The molecule has 11 rings (SSSR count). The first-order valence-corrected chi connectivity index (χ1v) is 28.0. The van der Waals surface area contributed by atoms with E-state index >= 15 is 4.79 Å². The van der Waals surface area contributed by atoms with Crippen LogP contribution < -0.4 is 10.1 Å². The van der Waals surface area contributed by atoms with Crippen LogP contribution in [0, 0.1) is 41.4 Å². The van der Waals surface area contributed by atoms with Crippen molar-refractivity contribution in [2.75, 3.05) is 25.6 Å². The number of rotatable bonds is 9. The average Bonchev–Trinajstić information content (AvgIpc) is 3.55. The van der Waals surface area contributed by atoms with Crippen LogP contribution in [-0.2, 0) is 56.1 Å². The summed E-state index contributed by atoms with van der Waals surface area (Å²) in [6.07, 6.45) is 9.49. The molecule has 0 unspecified atom stereocenters. The molecule has 4 saturated carbocycles. The lowest BCUT2D eigenvalue weighted by Crippen LogP contribution is -2.66. The van der Waals surface area contributed by atoms with Crippen molar-refractivity contribution >= 4 is 23.4 Å². The van der Waals surface area contributed by atoms with Crippen molar-refractivity contribution in [2.24, 2.45) is 29.6 Å². The molecule has 0 radical (unpaired) electrons. The monoisotopic (exact) mass is 1010 g/mol. The molecule has 11 bridgehead atoms. The number of phenolic OH excluding ortho intramolecular Hbond substituents is 1. The molecule has 6 N–H and O–H groups in total. The van der Waals surface area contributed by atoms with Gasteiger partial charge < -0.3 is 45.1 Å². The SMILES string of the molecule is COCC[C@@](C)(O)CNc1cc(CO)cc([C@H]2C#C[C@@H]3CC(=O)Oc4c3cc(c(O)c4C3CCCCC3)C[C@H]3OC(=O)/C(=C4\CCc5ccc(cc5C[C@H]4O)C[C@H]4C(=O)CC[C@H]5[C@@H]4C[C@H]4CCCC[C@@H]4[C@@]35O)C2)c1. The number of anilines is 1. The second-order valence-electron chi connectivity index (χ2n) is 23.8. The van der Waals surface area contributed by atoms with Gasteiger partial charge in [0.1, 0.15) is 29.0 Å². The molecule has 0 saturated heterocycles. The molecular weight excluding hydrogens is 935 g/mol. The highest BCUT2D eigenvalue weighted by molar-refractivity contribution is 5.90. The average molecular weight is 1010 g/mol. The fourth-order valence-corrected chi connectivity index (χ4v) is 15.3. The summed E-state index contributed by atoms with van der Waals surface area (Å²) in [6.45, 7) is 1.98. The van der Waals surface area contributed by atoms with Gasteiger partial charge in [0.2, 0.25) is 0 Å². The van der Waals surface area contributed by atoms with Crippen LogP contribution >= 0.6 is 0 Å². The minimum atomic E-state index is -1.59. The molecule has 8 aliphatic rings. The third kappa shape index (κ3) is 9.74. The van der Waals surface area contributed by atoms with Crippen LogP contribution in [0.4, 0.5) is 5.69 Å². The number of ketones is 1. The van der Waals surface area contributed by atoms with Gasteiger partial charge in [-0.15, -0.1) is 0 Å². The highest BCUT2D eigenvalue weighted by atomic mass is 16.6. The molecule has 74 heavy (non-hydrogen) atoms. The largest absolute Gasteiger partial charge is 0.507 e. The molecule has 11 atom stereocenters. The third-order valence-corrected chi connectivity index (χ3v) is 19.2. The quantitative estimate of drug-likeness (QED) is 0.0680. The van der Waals surface area contributed by atoms with Crippen LogP contribution in [0.2, 0.25) is 0 Å². The van der Waals surface area contributed by atoms with Gasteiger partial charge >= 0.3 is 11.9 Å². The number of hydrogen-bond donors (Lipinski definition) is 6. The highest BCUT2D eigenvalue weighted by Crippen LogP contribution is 2.59. The van der Waals surface area contributed by atoms with Crippen molar-refractivity contribution in [3.05, 3.63) is 98.1 Å². The van der Waals surface area contributed by atoms with Crippen molar-refractivity contribution in [2.45, 2.75) is 183 Å². The Morgan fingerprint density at radius 1 is 0.838 bits per heavy atom. The number of carbonyl (C=O) groups excluding carboxylic acids is 3. The van der Waals surface area contributed by atoms with Gasteiger partial charge in [0.15, 0.2) is 0 Å². The predicted octanol–water partition coefficient (Wildman–Crippen LogP) is 8.72. The maximum Gasteiger partial charge on any atom is 0.334 e. The highest BCUT2D eigenvalue weighted by Gasteiger charge is 2.62. The number of Topliss-reactive ketones (excluding diaryl/α,β-unsaturated/α-hetero) is 1. The Labute approximate surface area is 435 Å². The summed E-state index contributed by atoms with van der Waals surface area (Å²) in [6, 6.07) is 13.9. The van der Waals surface area contributed by atoms with Gasteiger partial charge in [-0.25, -0.2) is 4.79 Å². The number of ether oxygens (including phenoxy) is 3. The summed E-state index contributed by atoms with van der Waals surface area (Å²) in [5, 5.41) is 65.2. The molecule has 3 aromatic rings. The van der Waals surface area contributed by atoms with Gasteiger partial charge in [0, 0.05) is 80.2 Å². The molecule has 12 heteroatoms. The zero-order chi connectivity index (χ0) is 51.5. The Kier molecular flexibility index (Phi) is 14.4. The van der Waals surface area contributed by atoms with Crippen LogP contribution in [-0.4, -0.2) is 86.9 Å². The number of esters is 2. The second-order valence-corrected chi connectivity index (χ2v) is 23.8. The Balaban J connectivity index is 1.15. The van der Waals surface area contributed by atoms with Crippen molar-refractivity contribution in [3.63, 3.8) is 0 Å². The maximum atomic E-state index is 16.1. The number of benzene rings is 3. The van der Waals surface area contributed by atoms with Crippen LogP contribution in [0.25, 0.3) is 0 Å². The first kappa shape index (κ1) is 51.1. The smallest absolute Gasteiger partial charge is 0.334 e. The van der Waals surface area contributed by atoms with Gasteiger partial charge in [-0.3, -0.25) is 9.59 Å². The van der Waals surface area contributed by atoms with Gasteiger partial charge in [-0.2, -0.15) is 0 Å². The molecule has 0 aromatic heterocycles. The lowest BCUT2D eigenvalue weighted by Gasteiger charge is -2.59. The van der Waals surface area contributed by atoms with E-state index in [1.807, 2.05) is 24.3 Å². The standard InChI is InChI=1S/C62H75NO11/c1-61(70,20-21-72-2)34-63-45-24-36(33-64)23-42(26-45)39-14-15-40-32-56(67)74-59-47(40)29-44(58(68)57(59)38-8-4-3-5-9-38)31-55-62(71)51-11-7-6-10-41(51)28-48-49(53(65)19-18-52(48)62)25-35-12-13-37-16-17-46(50(27-39)60(69)73-55)54(66)30-43(37)22-35/h12-13,22-24,26,29,38-41,48-49,51-52,54-55,63-64,66,68,70-71H,3-11,16-21,25,27-28,30-34H2,1-2H3/b50-46+/t39-,40+,41+,48+,49+,51-,52-,54+,55+,61+,62-/m0/s1. The van der Waals surface area contributed by atoms with Crippen molar-refractivity contribution < 1.29 is 54.1 Å². The van der Waals surface area contributed by atoms with E-state index in [-0.39, 0.29) is 91.4 Å². The number of aromatic hydroxyl groups is 1. The number of aliphatic hydroxyl groups is 4. The molecule has 394 valence electrons. The number of nitrogens with one attached hydrogen (secondary N) is 1. The Bertz CT molecular complexity index is 2780. The van der Waals surface area contributed by atoms with E-state index in [0.29, 0.717) is 90.0 Å². The summed E-state index contributed by atoms with van der Waals surface area (Å²) in [4.78, 5) is 44.4. The summed E-state index contributed by atoms with van der Waals surface area (Å²) in [5.74, 6) is 4.02. The fraction of sp³-hybridized carbons (Fsp3) is 0.597. The number of fused-ring (bicyclic) bond motifs is 10. The second kappa shape index (κ2) is 20.8. The lowest BCUT2D eigenvalue weighted by molar-refractivity contribution is -0.228. The molecule has 12 nitrogen and oxygen atoms in total. The van der Waals surface area contributed by atoms with Crippen LogP contribution in [0.5, 0.6) is 11.5 Å². The van der Waals surface area contributed by atoms with E-state index in [4.69, 9.17) is 14.2 Å². The van der Waals surface area contributed by atoms with Crippen LogP contribution in [0.15, 0.2) is 53.6 Å². The zero-order valence-corrected chi connectivity index (χ0v) is 43.3. The van der Waals surface area contributed by atoms with Crippen LogP contribution in [0.3, 0.4) is 0 Å². The molecule has 4 fully saturated rings. The van der Waals surface area contributed by atoms with E-state index < -0.39 is 47.2 Å². The van der Waals surface area contributed by atoms with Crippen molar-refractivity contribution in [1.29, 1.82) is 0 Å². The van der Waals surface area contributed by atoms with Gasteiger partial charge in [-0.1, -0.05) is 74.6 Å². The molecule has 3 aliphatic heterocycles. The first-order valence-electron chi connectivity index (χ1n) is 28.0. The molecule has 5 aliphatic carbocycles. The number of methoxy groups -OCH3 is 1. The van der Waals surface area contributed by atoms with E-state index in [1.54, 1.807) is 14.0 Å². The minimum Gasteiger partial charge on any atom is -0.507 e. The van der Waals surface area contributed by atoms with Crippen molar-refractivity contribution in [1.82, 2.24) is 0 Å². The zero-order valence-electron chi connectivity index (χ0n) is 43.3. The fourth-order valence-electron chi connectivity index (χ4n) is 15.3. The van der Waals surface area contributed by atoms with Gasteiger partial charge in [-0.05, 0) is 151 Å². The first-order chi connectivity index (χ1) is 35.7. The summed E-state index contributed by atoms with van der Waals surface area (Å²) in [7, 11) is 1.59. The number of hydrogen-bond acceptors (Lipinski definition) is 12. The lowest BCUT2D eigenvalue weighted by atomic mass is 9.48. The van der Waals surface area contributed by atoms with E-state index in [0.717, 1.165) is 80.9 Å². The predicted molar refractivity (Wildman–Crippen MR) is 279 cm³/mol. The number of aliphatic hydroxyl groups excluding tert-OH is 2. The molecule has 3 heterocycles. The maximum absolute atomic E-state index is 16.1. The van der Waals surface area contributed by atoms with Gasteiger partial charge in [0.05, 0.1) is 30.7 Å². The number of aryl methyl sites for hydroxylation is 1. The minimum absolute atomic E-state index is 0.000287.